The van der Waals surface area contributed by atoms with E-state index in [1.54, 1.807) is 0 Å². The molecule has 0 saturated heterocycles. The van der Waals surface area contributed by atoms with Crippen LogP contribution in [0.25, 0.3) is 77.9 Å². The topological polar surface area (TPSA) is 0 Å². The number of hydrogen-bond acceptors (Lipinski definition) is 0. The van der Waals surface area contributed by atoms with Crippen LogP contribution >= 0.6 is 0 Å². The van der Waals surface area contributed by atoms with Crippen LogP contribution in [0, 0.1) is 0 Å². The predicted octanol–water partition coefficient (Wildman–Crippen LogP) is 11.4. The molecule has 0 aliphatic rings. The van der Waals surface area contributed by atoms with Crippen molar-refractivity contribution in [2.75, 3.05) is 0 Å². The third kappa shape index (κ3) is 3.85. The van der Waals surface area contributed by atoms with Crippen LogP contribution in [0.3, 0.4) is 0 Å². The largest absolute Gasteiger partial charge is 0.0984 e. The Morgan fingerprint density at radius 1 is 0.375 bits per heavy atom. The highest BCUT2D eigenvalue weighted by atomic mass is 14.2. The van der Waals surface area contributed by atoms with Crippen molar-refractivity contribution in [1.29, 1.82) is 0 Å². The lowest BCUT2D eigenvalue weighted by Crippen LogP contribution is -1.96. The predicted molar refractivity (Wildman–Crippen MR) is 175 cm³/mol. The van der Waals surface area contributed by atoms with E-state index in [0.29, 0.717) is 0 Å². The molecule has 7 aromatic carbocycles. The smallest absolute Gasteiger partial charge is 0.00204 e. The van der Waals surface area contributed by atoms with Crippen molar-refractivity contribution >= 4 is 44.5 Å². The number of hydrogen-bond donors (Lipinski definition) is 0. The summed E-state index contributed by atoms with van der Waals surface area (Å²) in [6, 6.07) is 48.0. The lowest BCUT2D eigenvalue weighted by molar-refractivity contribution is 1.58. The van der Waals surface area contributed by atoms with Gasteiger partial charge in [-0.1, -0.05) is 153 Å². The Kier molecular flexibility index (Phi) is 5.87. The Labute approximate surface area is 235 Å². The van der Waals surface area contributed by atoms with Gasteiger partial charge in [0.2, 0.25) is 0 Å². The number of rotatable bonds is 5. The van der Waals surface area contributed by atoms with Crippen molar-refractivity contribution in [3.05, 3.63) is 158 Å². The summed E-state index contributed by atoms with van der Waals surface area (Å²) in [6.07, 6.45) is 3.98. The third-order valence-electron chi connectivity index (χ3n) is 8.02. The molecule has 7 rings (SSSR count). The number of benzene rings is 7. The molecule has 0 atom stereocenters. The molecule has 40 heavy (non-hydrogen) atoms. The molecule has 0 spiro atoms. The van der Waals surface area contributed by atoms with Crippen molar-refractivity contribution in [3.63, 3.8) is 0 Å². The first-order valence-electron chi connectivity index (χ1n) is 13.7. The molecule has 0 N–H and O–H groups in total. The molecule has 0 fully saturated rings. The SMILES string of the molecule is C=Cc1c(C=C)c(-c2cccc3ccccc23)c2ccccc2c1-c1ccc(-c2ccc3ccccc3c2)cc1. The highest BCUT2D eigenvalue weighted by Gasteiger charge is 2.19. The molecule has 0 heteroatoms. The average Bonchev–Trinajstić information content (AvgIpc) is 3.03. The maximum atomic E-state index is 4.28. The Balaban J connectivity index is 1.45. The summed E-state index contributed by atoms with van der Waals surface area (Å²) in [6.45, 7) is 8.55. The zero-order valence-electron chi connectivity index (χ0n) is 22.3. The molecule has 0 aliphatic heterocycles. The van der Waals surface area contributed by atoms with Gasteiger partial charge in [-0.15, -0.1) is 0 Å². The van der Waals surface area contributed by atoms with Gasteiger partial charge in [0.1, 0.15) is 0 Å². The van der Waals surface area contributed by atoms with E-state index < -0.39 is 0 Å². The van der Waals surface area contributed by atoms with E-state index in [9.17, 15) is 0 Å². The van der Waals surface area contributed by atoms with E-state index >= 15 is 0 Å². The van der Waals surface area contributed by atoms with E-state index in [4.69, 9.17) is 0 Å². The van der Waals surface area contributed by atoms with Gasteiger partial charge in [0.25, 0.3) is 0 Å². The van der Waals surface area contributed by atoms with Crippen LogP contribution in [0.4, 0.5) is 0 Å². The summed E-state index contributed by atoms with van der Waals surface area (Å²) in [5, 5.41) is 7.41. The molecular weight excluding hydrogens is 480 g/mol. The van der Waals surface area contributed by atoms with Crippen LogP contribution in [0.2, 0.25) is 0 Å². The van der Waals surface area contributed by atoms with Gasteiger partial charge in [-0.2, -0.15) is 0 Å². The minimum absolute atomic E-state index is 1.11. The summed E-state index contributed by atoms with van der Waals surface area (Å²) >= 11 is 0. The molecule has 0 heterocycles. The zero-order valence-corrected chi connectivity index (χ0v) is 22.3. The van der Waals surface area contributed by atoms with Gasteiger partial charge < -0.3 is 0 Å². The van der Waals surface area contributed by atoms with Crippen molar-refractivity contribution in [1.82, 2.24) is 0 Å². The Morgan fingerprint density at radius 2 is 0.900 bits per heavy atom. The minimum atomic E-state index is 1.11. The van der Waals surface area contributed by atoms with E-state index in [-0.39, 0.29) is 0 Å². The Morgan fingerprint density at radius 3 is 1.62 bits per heavy atom. The Bertz CT molecular complexity index is 2070. The molecule has 0 saturated carbocycles. The van der Waals surface area contributed by atoms with Crippen LogP contribution in [0.15, 0.2) is 147 Å². The maximum Gasteiger partial charge on any atom is -0.00204 e. The monoisotopic (exact) mass is 508 g/mol. The van der Waals surface area contributed by atoms with Crippen molar-refractivity contribution < 1.29 is 0 Å². The fraction of sp³-hybridized carbons (Fsp3) is 0. The second kappa shape index (κ2) is 9.84. The quantitative estimate of drug-likeness (QED) is 0.217. The summed E-state index contributed by atoms with van der Waals surface area (Å²) in [5.74, 6) is 0. The highest BCUT2D eigenvalue weighted by Crippen LogP contribution is 2.45. The van der Waals surface area contributed by atoms with Gasteiger partial charge in [-0.05, 0) is 82.9 Å². The normalized spacial score (nSPS) is 11.2. The van der Waals surface area contributed by atoms with Crippen LogP contribution in [-0.4, -0.2) is 0 Å². The Hall–Kier alpha value is -5.20. The van der Waals surface area contributed by atoms with Crippen LogP contribution in [-0.2, 0) is 0 Å². The molecule has 0 aromatic heterocycles. The molecule has 0 aliphatic carbocycles. The molecule has 0 nitrogen and oxygen atoms in total. The molecular formula is C40H28. The first kappa shape index (κ1) is 23.9. The number of fused-ring (bicyclic) bond motifs is 3. The van der Waals surface area contributed by atoms with Crippen LogP contribution < -0.4 is 0 Å². The molecule has 0 bridgehead atoms. The maximum absolute atomic E-state index is 4.28. The lowest BCUT2D eigenvalue weighted by atomic mass is 9.82. The van der Waals surface area contributed by atoms with E-state index in [1.165, 1.54) is 65.7 Å². The van der Waals surface area contributed by atoms with Crippen molar-refractivity contribution in [2.24, 2.45) is 0 Å². The second-order valence-corrected chi connectivity index (χ2v) is 10.2. The van der Waals surface area contributed by atoms with Crippen LogP contribution in [0.1, 0.15) is 11.1 Å². The van der Waals surface area contributed by atoms with Gasteiger partial charge in [0, 0.05) is 0 Å². The third-order valence-corrected chi connectivity index (χ3v) is 8.02. The van der Waals surface area contributed by atoms with Crippen molar-refractivity contribution in [3.8, 4) is 33.4 Å². The highest BCUT2D eigenvalue weighted by molar-refractivity contribution is 6.15. The first-order chi connectivity index (χ1) is 19.8. The van der Waals surface area contributed by atoms with Gasteiger partial charge in [-0.25, -0.2) is 0 Å². The van der Waals surface area contributed by atoms with Gasteiger partial charge in [-0.3, -0.25) is 0 Å². The molecule has 0 amide bonds. The summed E-state index contributed by atoms with van der Waals surface area (Å²) in [7, 11) is 0. The van der Waals surface area contributed by atoms with E-state index in [2.05, 4.69) is 147 Å². The fourth-order valence-corrected chi connectivity index (χ4v) is 6.15. The molecule has 188 valence electrons. The first-order valence-corrected chi connectivity index (χ1v) is 13.7. The molecule has 7 aromatic rings. The van der Waals surface area contributed by atoms with Crippen molar-refractivity contribution in [2.45, 2.75) is 0 Å². The minimum Gasteiger partial charge on any atom is -0.0984 e. The second-order valence-electron chi connectivity index (χ2n) is 10.2. The fourth-order valence-electron chi connectivity index (χ4n) is 6.15. The lowest BCUT2D eigenvalue weighted by Gasteiger charge is -2.21. The van der Waals surface area contributed by atoms with Gasteiger partial charge >= 0.3 is 0 Å². The van der Waals surface area contributed by atoms with Gasteiger partial charge in [0.15, 0.2) is 0 Å². The molecule has 0 unspecified atom stereocenters. The molecule has 0 radical (unpaired) electrons. The summed E-state index contributed by atoms with van der Waals surface area (Å²) in [4.78, 5) is 0. The van der Waals surface area contributed by atoms with Crippen LogP contribution in [0.5, 0.6) is 0 Å². The van der Waals surface area contributed by atoms with Gasteiger partial charge in [0.05, 0.1) is 0 Å². The zero-order chi connectivity index (χ0) is 27.1. The summed E-state index contributed by atoms with van der Waals surface area (Å²) < 4.78 is 0. The van der Waals surface area contributed by atoms with E-state index in [1.807, 2.05) is 12.2 Å². The summed E-state index contributed by atoms with van der Waals surface area (Å²) in [5.41, 5.74) is 9.42. The standard InChI is InChI=1S/C40H28/c1-3-33-34(4-2)40(36-19-11-15-29-13-7-8-16-35(29)36)38-18-10-9-17-37(38)39(33)30-23-20-28(21-24-30)32-25-22-27-12-5-6-14-31(27)26-32/h3-26H,1-2H2. The van der Waals surface area contributed by atoms with E-state index in [0.717, 1.165) is 11.1 Å². The average molecular weight is 509 g/mol.